The molecule has 0 atom stereocenters. The Morgan fingerprint density at radius 2 is 1.56 bits per heavy atom. The smallest absolute Gasteiger partial charge is 0.176 e. The first-order chi connectivity index (χ1) is 3.79. The molecule has 0 aromatic carbocycles. The summed E-state index contributed by atoms with van der Waals surface area (Å²) < 4.78 is 0. The van der Waals surface area contributed by atoms with Crippen molar-refractivity contribution in [3.63, 3.8) is 0 Å². The molecule has 0 amide bonds. The maximum atomic E-state index is 3.17. The Kier molecular flexibility index (Phi) is 3.77. The first-order valence-corrected chi connectivity index (χ1v) is 2.74. The van der Waals surface area contributed by atoms with E-state index < -0.39 is 0 Å². The molecule has 0 unspecified atom stereocenters. The lowest BCUT2D eigenvalue weighted by Gasteiger charge is -1.82. The first kappa shape index (κ1) is 8.88. The van der Waals surface area contributed by atoms with Gasteiger partial charge in [0.15, 0.2) is 11.4 Å². The third-order valence-corrected chi connectivity index (χ3v) is 1.09. The van der Waals surface area contributed by atoms with Gasteiger partial charge in [-0.25, -0.2) is 4.98 Å². The number of nitrogens with one attached hydrogen (secondary N) is 1. The lowest BCUT2D eigenvalue weighted by molar-refractivity contribution is -0.396. The van der Waals surface area contributed by atoms with Gasteiger partial charge in [0, 0.05) is 26.0 Å². The van der Waals surface area contributed by atoms with Crippen molar-refractivity contribution in [2.75, 3.05) is 0 Å². The Morgan fingerprint density at radius 1 is 1.11 bits per heavy atom. The molecule has 0 aliphatic carbocycles. The van der Waals surface area contributed by atoms with Gasteiger partial charge in [0.25, 0.3) is 0 Å². The minimum absolute atomic E-state index is 0. The highest BCUT2D eigenvalue weighted by atomic mass is 127. The van der Waals surface area contributed by atoms with Crippen LogP contribution in [0.3, 0.4) is 0 Å². The van der Waals surface area contributed by atoms with Gasteiger partial charge in [-0.1, -0.05) is 0 Å². The molecule has 0 bridgehead atoms. The van der Waals surface area contributed by atoms with E-state index in [9.17, 15) is 0 Å². The highest BCUT2D eigenvalue weighted by Gasteiger charge is 1.90. The zero-order valence-electron chi connectivity index (χ0n) is 5.61. The van der Waals surface area contributed by atoms with E-state index >= 15 is 0 Å². The zero-order chi connectivity index (χ0) is 5.98. The van der Waals surface area contributed by atoms with E-state index in [0.29, 0.717) is 0 Å². The maximum absolute atomic E-state index is 3.17. The van der Waals surface area contributed by atoms with E-state index in [0.717, 1.165) is 0 Å². The van der Waals surface area contributed by atoms with Gasteiger partial charge < -0.3 is 24.0 Å². The predicted molar refractivity (Wildman–Crippen MR) is 32.5 cm³/mol. The molecular weight excluding hydrogens is 225 g/mol. The average molecular weight is 235 g/mol. The summed E-state index contributed by atoms with van der Waals surface area (Å²) in [4.78, 5) is 3.17. The molecule has 50 valence electrons. The molecular formula is C7H10IN. The van der Waals surface area contributed by atoms with Crippen LogP contribution in [0, 0.1) is 13.8 Å². The Bertz CT molecular complexity index is 169. The van der Waals surface area contributed by atoms with Crippen LogP contribution in [0.25, 0.3) is 0 Å². The normalized spacial score (nSPS) is 8.22. The molecule has 0 radical (unpaired) electrons. The minimum Gasteiger partial charge on any atom is -1.00 e. The first-order valence-electron chi connectivity index (χ1n) is 2.74. The number of aryl methyl sites for hydroxylation is 2. The average Bonchev–Trinajstić information content (AvgIpc) is 1.64. The number of aromatic nitrogens is 1. The van der Waals surface area contributed by atoms with Crippen LogP contribution in [-0.2, 0) is 0 Å². The molecule has 0 saturated heterocycles. The minimum atomic E-state index is 0. The van der Waals surface area contributed by atoms with Crippen molar-refractivity contribution >= 4 is 0 Å². The summed E-state index contributed by atoms with van der Waals surface area (Å²) in [5.74, 6) is 0. The fourth-order valence-electron chi connectivity index (χ4n) is 0.731. The van der Waals surface area contributed by atoms with Crippen LogP contribution in [0.2, 0.25) is 0 Å². The number of H-pyrrole nitrogens is 1. The van der Waals surface area contributed by atoms with Crippen molar-refractivity contribution in [1.29, 1.82) is 0 Å². The zero-order valence-corrected chi connectivity index (χ0v) is 7.77. The fourth-order valence-corrected chi connectivity index (χ4v) is 0.731. The van der Waals surface area contributed by atoms with Crippen molar-refractivity contribution in [3.8, 4) is 0 Å². The van der Waals surface area contributed by atoms with E-state index in [1.165, 1.54) is 11.4 Å². The predicted octanol–water partition coefficient (Wildman–Crippen LogP) is -1.88. The molecule has 1 nitrogen and oxygen atoms in total. The van der Waals surface area contributed by atoms with Crippen molar-refractivity contribution in [2.45, 2.75) is 13.8 Å². The number of pyridine rings is 1. The number of hydrogen-bond acceptors (Lipinski definition) is 0. The summed E-state index contributed by atoms with van der Waals surface area (Å²) in [7, 11) is 0. The van der Waals surface area contributed by atoms with Gasteiger partial charge in [-0.2, -0.15) is 0 Å². The molecule has 0 fully saturated rings. The summed E-state index contributed by atoms with van der Waals surface area (Å²) in [6, 6.07) is 6.14. The molecule has 1 N–H and O–H groups in total. The Labute approximate surface area is 72.5 Å². The van der Waals surface area contributed by atoms with Crippen LogP contribution in [-0.4, -0.2) is 0 Å². The van der Waals surface area contributed by atoms with Gasteiger partial charge in [-0.05, 0) is 6.07 Å². The summed E-state index contributed by atoms with van der Waals surface area (Å²) in [6.07, 6.45) is 0. The van der Waals surface area contributed by atoms with Crippen molar-refractivity contribution in [1.82, 2.24) is 0 Å². The molecule has 0 saturated carbocycles. The van der Waals surface area contributed by atoms with E-state index in [1.807, 2.05) is 32.0 Å². The topological polar surface area (TPSA) is 14.1 Å². The third-order valence-electron chi connectivity index (χ3n) is 1.09. The summed E-state index contributed by atoms with van der Waals surface area (Å²) in [5.41, 5.74) is 2.43. The van der Waals surface area contributed by atoms with Gasteiger partial charge in [0.2, 0.25) is 0 Å². The largest absolute Gasteiger partial charge is 1.00 e. The summed E-state index contributed by atoms with van der Waals surface area (Å²) in [5, 5.41) is 0. The SMILES string of the molecule is Cc1cccc(C)[nH+]1.[I-]. The molecule has 9 heavy (non-hydrogen) atoms. The second-order valence-corrected chi connectivity index (χ2v) is 2.02. The van der Waals surface area contributed by atoms with E-state index in [1.54, 1.807) is 0 Å². The molecule has 1 heterocycles. The second kappa shape index (κ2) is 3.82. The third kappa shape index (κ3) is 2.79. The van der Waals surface area contributed by atoms with Crippen LogP contribution in [0.15, 0.2) is 18.2 Å². The lowest BCUT2D eigenvalue weighted by Crippen LogP contribution is -3.00. The van der Waals surface area contributed by atoms with Gasteiger partial charge in [-0.15, -0.1) is 0 Å². The van der Waals surface area contributed by atoms with E-state index in [-0.39, 0.29) is 24.0 Å². The van der Waals surface area contributed by atoms with Gasteiger partial charge in [0.05, 0.1) is 0 Å². The van der Waals surface area contributed by atoms with Crippen molar-refractivity contribution < 1.29 is 29.0 Å². The Hall–Kier alpha value is -0.120. The molecule has 0 aliphatic rings. The Balaban J connectivity index is 0.000000640. The van der Waals surface area contributed by atoms with Gasteiger partial charge in [-0.3, -0.25) is 0 Å². The highest BCUT2D eigenvalue weighted by molar-refractivity contribution is 4.99. The molecule has 1 rings (SSSR count). The molecule has 1 aromatic heterocycles. The van der Waals surface area contributed by atoms with Crippen molar-refractivity contribution in [3.05, 3.63) is 29.6 Å². The quantitative estimate of drug-likeness (QED) is 0.467. The summed E-state index contributed by atoms with van der Waals surface area (Å²) >= 11 is 0. The summed E-state index contributed by atoms with van der Waals surface area (Å²) in [6.45, 7) is 4.10. The Morgan fingerprint density at radius 3 is 1.78 bits per heavy atom. The fraction of sp³-hybridized carbons (Fsp3) is 0.286. The van der Waals surface area contributed by atoms with Crippen molar-refractivity contribution in [2.24, 2.45) is 0 Å². The van der Waals surface area contributed by atoms with Gasteiger partial charge >= 0.3 is 0 Å². The number of halogens is 1. The van der Waals surface area contributed by atoms with Crippen LogP contribution < -0.4 is 29.0 Å². The number of rotatable bonds is 0. The van der Waals surface area contributed by atoms with Crippen LogP contribution in [0.4, 0.5) is 0 Å². The van der Waals surface area contributed by atoms with Gasteiger partial charge in [0.1, 0.15) is 0 Å². The van der Waals surface area contributed by atoms with Crippen LogP contribution in [0.1, 0.15) is 11.4 Å². The maximum Gasteiger partial charge on any atom is 0.176 e. The standard InChI is InChI=1S/C7H9N.HI/c1-6-4-3-5-7(2)8-6;/h3-5H,1-2H3;1H. The van der Waals surface area contributed by atoms with E-state index in [2.05, 4.69) is 4.98 Å². The molecule has 2 heteroatoms. The molecule has 1 aromatic rings. The molecule has 0 aliphatic heterocycles. The second-order valence-electron chi connectivity index (χ2n) is 2.02. The number of aromatic amines is 1. The highest BCUT2D eigenvalue weighted by Crippen LogP contribution is 1.87. The monoisotopic (exact) mass is 235 g/mol. The number of hydrogen-bond donors (Lipinski definition) is 0. The van der Waals surface area contributed by atoms with Crippen LogP contribution >= 0.6 is 0 Å². The van der Waals surface area contributed by atoms with E-state index in [4.69, 9.17) is 0 Å². The van der Waals surface area contributed by atoms with Crippen LogP contribution in [0.5, 0.6) is 0 Å². The molecule has 0 spiro atoms. The lowest BCUT2D eigenvalue weighted by atomic mass is 10.3.